The Balaban J connectivity index is 1.89. The van der Waals surface area contributed by atoms with Crippen molar-refractivity contribution in [2.24, 2.45) is 5.73 Å². The van der Waals surface area contributed by atoms with Gasteiger partial charge in [0.1, 0.15) is 0 Å². The van der Waals surface area contributed by atoms with Crippen molar-refractivity contribution in [1.82, 2.24) is 0 Å². The number of amides is 2. The molecule has 0 unspecified atom stereocenters. The number of rotatable bonds is 6. The average Bonchev–Trinajstić information content (AvgIpc) is 2.60. The zero-order chi connectivity index (χ0) is 18.4. The first-order valence-corrected chi connectivity index (χ1v) is 7.11. The van der Waals surface area contributed by atoms with E-state index in [1.54, 1.807) is 0 Å². The number of esters is 1. The largest absolute Gasteiger partial charge is 0.494 e. The lowest BCUT2D eigenvalue weighted by Gasteiger charge is -2.08. The predicted molar refractivity (Wildman–Crippen MR) is 86.8 cm³/mol. The molecule has 130 valence electrons. The molecule has 0 aliphatic heterocycles. The number of nitrogens with two attached hydrogens (primary N) is 1. The summed E-state index contributed by atoms with van der Waals surface area (Å²) in [6.07, 6.45) is 0. The predicted octanol–water partition coefficient (Wildman–Crippen LogP) is 1.73. The Morgan fingerprint density at radius 3 is 2.28 bits per heavy atom. The Morgan fingerprint density at radius 2 is 1.72 bits per heavy atom. The summed E-state index contributed by atoms with van der Waals surface area (Å²) in [5, 5.41) is 2.48. The summed E-state index contributed by atoms with van der Waals surface area (Å²) < 4.78 is 23.1. The van der Waals surface area contributed by atoms with Gasteiger partial charge in [-0.15, -0.1) is 0 Å². The number of nitrogens with one attached hydrogen (secondary N) is 1. The number of ether oxygens (including phenoxy) is 2. The lowest BCUT2D eigenvalue weighted by atomic mass is 10.2. The number of halogens is 1. The molecule has 0 saturated heterocycles. The second-order valence-electron chi connectivity index (χ2n) is 4.92. The van der Waals surface area contributed by atoms with Crippen LogP contribution in [0, 0.1) is 5.82 Å². The molecule has 7 nitrogen and oxygen atoms in total. The topological polar surface area (TPSA) is 108 Å². The monoisotopic (exact) mass is 346 g/mol. The first-order valence-electron chi connectivity index (χ1n) is 7.11. The van der Waals surface area contributed by atoms with Gasteiger partial charge in [-0.2, -0.15) is 0 Å². The Labute approximate surface area is 142 Å². The van der Waals surface area contributed by atoms with Crippen LogP contribution in [0.5, 0.6) is 5.75 Å². The van der Waals surface area contributed by atoms with E-state index in [9.17, 15) is 18.8 Å². The molecule has 0 bridgehead atoms. The normalized spacial score (nSPS) is 10.0. The maximum atomic E-state index is 13.5. The third kappa shape index (κ3) is 4.77. The molecule has 0 atom stereocenters. The molecular formula is C17H15FN2O5. The van der Waals surface area contributed by atoms with Crippen LogP contribution in [-0.4, -0.2) is 31.5 Å². The van der Waals surface area contributed by atoms with Crippen LogP contribution in [0.25, 0.3) is 0 Å². The molecule has 0 fully saturated rings. The number of hydrogen-bond donors (Lipinski definition) is 2. The van der Waals surface area contributed by atoms with E-state index in [4.69, 9.17) is 15.2 Å². The van der Waals surface area contributed by atoms with Gasteiger partial charge in [0, 0.05) is 11.3 Å². The minimum atomic E-state index is -0.847. The van der Waals surface area contributed by atoms with Crippen LogP contribution < -0.4 is 15.8 Å². The first-order chi connectivity index (χ1) is 11.9. The fourth-order valence-electron chi connectivity index (χ4n) is 1.92. The molecule has 0 aromatic heterocycles. The molecule has 0 radical (unpaired) electrons. The number of methoxy groups -OCH3 is 1. The summed E-state index contributed by atoms with van der Waals surface area (Å²) in [4.78, 5) is 34.5. The third-order valence-corrected chi connectivity index (χ3v) is 3.18. The maximum absolute atomic E-state index is 13.5. The summed E-state index contributed by atoms with van der Waals surface area (Å²) in [6, 6.07) is 9.43. The Kier molecular flexibility index (Phi) is 5.67. The molecule has 2 aromatic rings. The van der Waals surface area contributed by atoms with Crippen LogP contribution in [0.2, 0.25) is 0 Å². The highest BCUT2D eigenvalue weighted by molar-refractivity contribution is 5.96. The average molecular weight is 346 g/mol. The number of hydrogen-bond acceptors (Lipinski definition) is 5. The van der Waals surface area contributed by atoms with Crippen molar-refractivity contribution in [2.45, 2.75) is 0 Å². The van der Waals surface area contributed by atoms with E-state index in [1.807, 2.05) is 0 Å². The van der Waals surface area contributed by atoms with E-state index >= 15 is 0 Å². The van der Waals surface area contributed by atoms with E-state index in [0.29, 0.717) is 11.3 Å². The number of benzene rings is 2. The molecule has 2 aromatic carbocycles. The van der Waals surface area contributed by atoms with Gasteiger partial charge < -0.3 is 20.5 Å². The number of anilines is 1. The van der Waals surface area contributed by atoms with Crippen LogP contribution in [0.3, 0.4) is 0 Å². The van der Waals surface area contributed by atoms with Gasteiger partial charge in [-0.3, -0.25) is 9.59 Å². The SMILES string of the molecule is COc1ccc(C(=O)OCC(=O)Nc2ccc(C(N)=O)cc2)cc1F. The quantitative estimate of drug-likeness (QED) is 0.775. The van der Waals surface area contributed by atoms with Crippen LogP contribution in [-0.2, 0) is 9.53 Å². The van der Waals surface area contributed by atoms with Gasteiger partial charge in [-0.1, -0.05) is 0 Å². The van der Waals surface area contributed by atoms with Gasteiger partial charge in [-0.05, 0) is 42.5 Å². The van der Waals surface area contributed by atoms with Gasteiger partial charge in [0.2, 0.25) is 5.91 Å². The molecule has 2 rings (SSSR count). The highest BCUT2D eigenvalue weighted by Gasteiger charge is 2.13. The highest BCUT2D eigenvalue weighted by atomic mass is 19.1. The molecule has 25 heavy (non-hydrogen) atoms. The van der Waals surface area contributed by atoms with E-state index in [-0.39, 0.29) is 11.3 Å². The minimum absolute atomic E-state index is 0.00583. The summed E-state index contributed by atoms with van der Waals surface area (Å²) >= 11 is 0. The minimum Gasteiger partial charge on any atom is -0.494 e. The lowest BCUT2D eigenvalue weighted by molar-refractivity contribution is -0.119. The Bertz CT molecular complexity index is 805. The van der Waals surface area contributed by atoms with Crippen molar-refractivity contribution < 1.29 is 28.2 Å². The fourth-order valence-corrected chi connectivity index (χ4v) is 1.92. The number of primary amides is 1. The van der Waals surface area contributed by atoms with Crippen LogP contribution in [0.15, 0.2) is 42.5 Å². The van der Waals surface area contributed by atoms with Gasteiger partial charge in [-0.25, -0.2) is 9.18 Å². The van der Waals surface area contributed by atoms with Gasteiger partial charge in [0.25, 0.3) is 5.91 Å². The standard InChI is InChI=1S/C17H15FN2O5/c1-24-14-7-4-11(8-13(14)18)17(23)25-9-15(21)20-12-5-2-10(3-6-12)16(19)22/h2-8H,9H2,1H3,(H2,19,22)(H,20,21). The Morgan fingerprint density at radius 1 is 1.08 bits per heavy atom. The summed E-state index contributed by atoms with van der Waals surface area (Å²) in [7, 11) is 1.30. The van der Waals surface area contributed by atoms with Crippen molar-refractivity contribution >= 4 is 23.5 Å². The number of carbonyl (C=O) groups is 3. The molecular weight excluding hydrogens is 331 g/mol. The van der Waals surface area contributed by atoms with E-state index in [1.165, 1.54) is 43.5 Å². The van der Waals surface area contributed by atoms with Gasteiger partial charge in [0.15, 0.2) is 18.2 Å². The lowest BCUT2D eigenvalue weighted by Crippen LogP contribution is -2.21. The second kappa shape index (κ2) is 7.91. The van der Waals surface area contributed by atoms with Crippen LogP contribution in [0.4, 0.5) is 10.1 Å². The molecule has 0 aliphatic rings. The number of carbonyl (C=O) groups excluding carboxylic acids is 3. The summed E-state index contributed by atoms with van der Waals surface area (Å²) in [5.74, 6) is -2.74. The van der Waals surface area contributed by atoms with Crippen molar-refractivity contribution in [3.8, 4) is 5.75 Å². The fraction of sp³-hybridized carbons (Fsp3) is 0.118. The molecule has 2 amide bonds. The third-order valence-electron chi connectivity index (χ3n) is 3.18. The smallest absolute Gasteiger partial charge is 0.338 e. The molecule has 8 heteroatoms. The van der Waals surface area contributed by atoms with Crippen LogP contribution >= 0.6 is 0 Å². The molecule has 0 spiro atoms. The maximum Gasteiger partial charge on any atom is 0.338 e. The van der Waals surface area contributed by atoms with Crippen molar-refractivity contribution in [3.05, 3.63) is 59.4 Å². The summed E-state index contributed by atoms with van der Waals surface area (Å²) in [5.41, 5.74) is 5.77. The molecule has 0 heterocycles. The van der Waals surface area contributed by atoms with Gasteiger partial charge >= 0.3 is 5.97 Å². The highest BCUT2D eigenvalue weighted by Crippen LogP contribution is 2.18. The molecule has 3 N–H and O–H groups in total. The van der Waals surface area contributed by atoms with E-state index in [0.717, 1.165) is 6.07 Å². The Hall–Kier alpha value is -3.42. The van der Waals surface area contributed by atoms with Crippen molar-refractivity contribution in [1.29, 1.82) is 0 Å². The van der Waals surface area contributed by atoms with E-state index < -0.39 is 30.2 Å². The zero-order valence-electron chi connectivity index (χ0n) is 13.2. The van der Waals surface area contributed by atoms with Crippen molar-refractivity contribution in [2.75, 3.05) is 19.0 Å². The van der Waals surface area contributed by atoms with Gasteiger partial charge in [0.05, 0.1) is 12.7 Å². The first kappa shape index (κ1) is 17.9. The van der Waals surface area contributed by atoms with Crippen LogP contribution in [0.1, 0.15) is 20.7 Å². The summed E-state index contributed by atoms with van der Waals surface area (Å²) in [6.45, 7) is -0.552. The zero-order valence-corrected chi connectivity index (χ0v) is 13.2. The van der Waals surface area contributed by atoms with Crippen molar-refractivity contribution in [3.63, 3.8) is 0 Å². The second-order valence-corrected chi connectivity index (χ2v) is 4.92. The van der Waals surface area contributed by atoms with E-state index in [2.05, 4.69) is 5.32 Å². The molecule has 0 aliphatic carbocycles. The molecule has 0 saturated carbocycles.